The van der Waals surface area contributed by atoms with Gasteiger partial charge in [0.15, 0.2) is 5.75 Å². The molecule has 1 aromatic carbocycles. The zero-order valence-electron chi connectivity index (χ0n) is 7.43. The number of hydrogen-bond acceptors (Lipinski definition) is 3. The Morgan fingerprint density at radius 1 is 1.57 bits per heavy atom. The fourth-order valence-electron chi connectivity index (χ4n) is 1.10. The molecule has 1 N–H and O–H groups in total. The van der Waals surface area contributed by atoms with Crippen molar-refractivity contribution in [3.05, 3.63) is 33.9 Å². The first-order valence-electron chi connectivity index (χ1n) is 4.05. The molecule has 0 heterocycles. The fraction of sp³-hybridized carbons (Fsp3) is 0.200. The zero-order valence-corrected chi connectivity index (χ0v) is 7.43. The molecule has 0 spiro atoms. The first kappa shape index (κ1) is 10.1. The van der Waals surface area contributed by atoms with Gasteiger partial charge in [0.25, 0.3) is 0 Å². The quantitative estimate of drug-likeness (QED) is 0.450. The van der Waals surface area contributed by atoms with Gasteiger partial charge < -0.3 is 5.11 Å². The minimum Gasteiger partial charge on any atom is -0.502 e. The third-order valence-electron chi connectivity index (χ3n) is 1.79. The molecule has 4 nitrogen and oxygen atoms in total. The average Bonchev–Trinajstić information content (AvgIpc) is 2.14. The Balaban J connectivity index is 2.90. The lowest BCUT2D eigenvalue weighted by Gasteiger charge is -1.99. The number of hydrogen-bond donors (Lipinski definition) is 1. The van der Waals surface area contributed by atoms with Crippen LogP contribution in [0.1, 0.15) is 12.0 Å². The van der Waals surface area contributed by atoms with Crippen molar-refractivity contribution in [3.8, 4) is 18.1 Å². The maximum absolute atomic E-state index is 10.4. The zero-order chi connectivity index (χ0) is 10.6. The number of benzene rings is 1. The number of phenols is 1. The summed E-state index contributed by atoms with van der Waals surface area (Å²) in [5.41, 5.74) is 0.514. The number of phenolic OH excluding ortho intramolecular Hbond substituents is 1. The van der Waals surface area contributed by atoms with Crippen LogP contribution in [0.15, 0.2) is 18.2 Å². The van der Waals surface area contributed by atoms with Gasteiger partial charge in [-0.05, 0) is 18.1 Å². The van der Waals surface area contributed by atoms with E-state index in [1.54, 1.807) is 6.07 Å². The van der Waals surface area contributed by atoms with Crippen molar-refractivity contribution in [1.29, 1.82) is 0 Å². The molecule has 14 heavy (non-hydrogen) atoms. The molecule has 0 bridgehead atoms. The van der Waals surface area contributed by atoms with Crippen LogP contribution in [0.5, 0.6) is 5.75 Å². The fourth-order valence-corrected chi connectivity index (χ4v) is 1.10. The van der Waals surface area contributed by atoms with Crippen LogP contribution in [0.4, 0.5) is 5.69 Å². The summed E-state index contributed by atoms with van der Waals surface area (Å²) in [6.45, 7) is 0. The number of nitro benzene ring substituents is 1. The standard InChI is InChI=1S/C10H9NO3/c1-2-3-4-8-5-6-9(11(13)14)10(12)7-8/h1,5-7,12H,3-4H2. The Morgan fingerprint density at radius 2 is 2.29 bits per heavy atom. The van der Waals surface area contributed by atoms with Crippen molar-refractivity contribution < 1.29 is 10.0 Å². The highest BCUT2D eigenvalue weighted by molar-refractivity contribution is 5.47. The van der Waals surface area contributed by atoms with Gasteiger partial charge >= 0.3 is 5.69 Å². The van der Waals surface area contributed by atoms with Gasteiger partial charge in [-0.3, -0.25) is 10.1 Å². The van der Waals surface area contributed by atoms with Crippen molar-refractivity contribution in [2.75, 3.05) is 0 Å². The maximum atomic E-state index is 10.4. The van der Waals surface area contributed by atoms with Gasteiger partial charge in [-0.2, -0.15) is 0 Å². The van der Waals surface area contributed by atoms with Crippen molar-refractivity contribution in [3.63, 3.8) is 0 Å². The summed E-state index contributed by atoms with van der Waals surface area (Å²) in [7, 11) is 0. The van der Waals surface area contributed by atoms with Crippen LogP contribution in [-0.2, 0) is 6.42 Å². The van der Waals surface area contributed by atoms with E-state index >= 15 is 0 Å². The molecule has 0 aliphatic heterocycles. The first-order chi connectivity index (χ1) is 6.65. The summed E-state index contributed by atoms with van der Waals surface area (Å²) in [6.07, 6.45) is 6.24. The summed E-state index contributed by atoms with van der Waals surface area (Å²) >= 11 is 0. The minimum absolute atomic E-state index is 0.283. The van der Waals surface area contributed by atoms with E-state index in [-0.39, 0.29) is 11.4 Å². The van der Waals surface area contributed by atoms with Gasteiger partial charge in [-0.25, -0.2) is 0 Å². The number of nitro groups is 1. The molecule has 1 rings (SSSR count). The molecule has 0 atom stereocenters. The van der Waals surface area contributed by atoms with E-state index in [1.165, 1.54) is 12.1 Å². The number of aryl methyl sites for hydroxylation is 1. The van der Waals surface area contributed by atoms with Crippen LogP contribution >= 0.6 is 0 Å². The van der Waals surface area contributed by atoms with Gasteiger partial charge in [0.05, 0.1) is 4.92 Å². The number of aromatic hydroxyl groups is 1. The predicted molar refractivity (Wildman–Crippen MR) is 51.9 cm³/mol. The molecule has 0 amide bonds. The summed E-state index contributed by atoms with van der Waals surface area (Å²) < 4.78 is 0. The SMILES string of the molecule is C#CCCc1ccc([N+](=O)[O-])c(O)c1. The molecule has 1 aromatic rings. The molecule has 0 saturated carbocycles. The summed E-state index contributed by atoms with van der Waals surface area (Å²) in [5.74, 6) is 2.14. The van der Waals surface area contributed by atoms with Gasteiger partial charge in [0.2, 0.25) is 0 Å². The Labute approximate surface area is 81.3 Å². The van der Waals surface area contributed by atoms with E-state index in [0.717, 1.165) is 5.56 Å². The average molecular weight is 191 g/mol. The van der Waals surface area contributed by atoms with E-state index < -0.39 is 4.92 Å². The van der Waals surface area contributed by atoms with Gasteiger partial charge in [0.1, 0.15) is 0 Å². The molecule has 4 heteroatoms. The Hall–Kier alpha value is -2.02. The molecular formula is C10H9NO3. The molecular weight excluding hydrogens is 182 g/mol. The lowest BCUT2D eigenvalue weighted by Crippen LogP contribution is -1.90. The van der Waals surface area contributed by atoms with E-state index in [0.29, 0.717) is 12.8 Å². The predicted octanol–water partition coefficient (Wildman–Crippen LogP) is 1.87. The second-order valence-corrected chi connectivity index (χ2v) is 2.78. The van der Waals surface area contributed by atoms with Crippen LogP contribution in [-0.4, -0.2) is 10.0 Å². The highest BCUT2D eigenvalue weighted by Gasteiger charge is 2.12. The molecule has 72 valence electrons. The van der Waals surface area contributed by atoms with Crippen LogP contribution in [0.3, 0.4) is 0 Å². The molecule has 0 fully saturated rings. The van der Waals surface area contributed by atoms with E-state index in [2.05, 4.69) is 5.92 Å². The van der Waals surface area contributed by atoms with Crippen molar-refractivity contribution in [2.45, 2.75) is 12.8 Å². The largest absolute Gasteiger partial charge is 0.502 e. The number of nitrogens with zero attached hydrogens (tertiary/aromatic N) is 1. The van der Waals surface area contributed by atoms with Crippen molar-refractivity contribution >= 4 is 5.69 Å². The topological polar surface area (TPSA) is 63.4 Å². The number of rotatable bonds is 3. The normalized spacial score (nSPS) is 9.36. The highest BCUT2D eigenvalue weighted by atomic mass is 16.6. The summed E-state index contributed by atoms with van der Waals surface area (Å²) in [5, 5.41) is 19.6. The molecule has 0 radical (unpaired) electrons. The third-order valence-corrected chi connectivity index (χ3v) is 1.79. The maximum Gasteiger partial charge on any atom is 0.310 e. The highest BCUT2D eigenvalue weighted by Crippen LogP contribution is 2.26. The van der Waals surface area contributed by atoms with Crippen LogP contribution in [0.25, 0.3) is 0 Å². The van der Waals surface area contributed by atoms with Crippen LogP contribution < -0.4 is 0 Å². The number of terminal acetylenes is 1. The first-order valence-corrected chi connectivity index (χ1v) is 4.05. The third kappa shape index (κ3) is 2.23. The van der Waals surface area contributed by atoms with Crippen molar-refractivity contribution in [1.82, 2.24) is 0 Å². The molecule has 0 saturated heterocycles. The molecule has 0 aliphatic rings. The molecule has 0 unspecified atom stereocenters. The molecule has 0 aromatic heterocycles. The Bertz CT molecular complexity index is 393. The summed E-state index contributed by atoms with van der Waals surface area (Å²) in [4.78, 5) is 9.74. The molecule has 0 aliphatic carbocycles. The van der Waals surface area contributed by atoms with E-state index in [1.807, 2.05) is 0 Å². The van der Waals surface area contributed by atoms with Crippen molar-refractivity contribution in [2.24, 2.45) is 0 Å². The monoisotopic (exact) mass is 191 g/mol. The van der Waals surface area contributed by atoms with E-state index in [9.17, 15) is 15.2 Å². The van der Waals surface area contributed by atoms with Gasteiger partial charge in [-0.15, -0.1) is 12.3 Å². The Kier molecular flexibility index (Phi) is 3.08. The van der Waals surface area contributed by atoms with Crippen LogP contribution in [0, 0.1) is 22.5 Å². The van der Waals surface area contributed by atoms with Gasteiger partial charge in [0, 0.05) is 12.5 Å². The Morgan fingerprint density at radius 3 is 2.79 bits per heavy atom. The second kappa shape index (κ2) is 4.28. The van der Waals surface area contributed by atoms with Crippen LogP contribution in [0.2, 0.25) is 0 Å². The summed E-state index contributed by atoms with van der Waals surface area (Å²) in [6, 6.07) is 4.24. The lowest BCUT2D eigenvalue weighted by atomic mass is 10.1. The van der Waals surface area contributed by atoms with E-state index in [4.69, 9.17) is 6.42 Å². The van der Waals surface area contributed by atoms with Gasteiger partial charge in [-0.1, -0.05) is 6.07 Å². The lowest BCUT2D eigenvalue weighted by molar-refractivity contribution is -0.385. The second-order valence-electron chi connectivity index (χ2n) is 2.78. The smallest absolute Gasteiger partial charge is 0.310 e. The minimum atomic E-state index is -0.625.